The Kier molecular flexibility index (Phi) is 4.19. The minimum absolute atomic E-state index is 0.0362. The first-order valence-electron chi connectivity index (χ1n) is 4.74. The van der Waals surface area contributed by atoms with Crippen LogP contribution < -0.4 is 5.32 Å². The normalized spacial score (nSPS) is 31.0. The van der Waals surface area contributed by atoms with Crippen LogP contribution in [0.5, 0.6) is 0 Å². The van der Waals surface area contributed by atoms with Gasteiger partial charge >= 0.3 is 0 Å². The molecule has 0 spiro atoms. The van der Waals surface area contributed by atoms with Gasteiger partial charge in [0.2, 0.25) is 5.91 Å². The maximum absolute atomic E-state index is 11.3. The molecule has 0 aliphatic heterocycles. The minimum atomic E-state index is -0.357. The van der Waals surface area contributed by atoms with Crippen LogP contribution in [0.2, 0.25) is 0 Å². The second-order valence-electron chi connectivity index (χ2n) is 3.58. The summed E-state index contributed by atoms with van der Waals surface area (Å²) in [5.74, 6) is -0.0362. The molecule has 1 saturated carbocycles. The van der Waals surface area contributed by atoms with Crippen LogP contribution in [-0.2, 0) is 4.79 Å². The van der Waals surface area contributed by atoms with Crippen molar-refractivity contribution in [2.24, 2.45) is 0 Å². The van der Waals surface area contributed by atoms with E-state index in [1.807, 2.05) is 0 Å². The molecule has 1 aliphatic rings. The molecule has 0 aromatic carbocycles. The highest BCUT2D eigenvalue weighted by molar-refractivity contribution is 9.10. The van der Waals surface area contributed by atoms with Crippen molar-refractivity contribution in [2.75, 3.05) is 0 Å². The number of aliphatic hydroxyl groups is 1. The van der Waals surface area contributed by atoms with E-state index < -0.39 is 0 Å². The van der Waals surface area contributed by atoms with Gasteiger partial charge in [-0.05, 0) is 19.8 Å². The number of hydrogen-bond donors (Lipinski definition) is 2. The maximum atomic E-state index is 11.3. The average Bonchev–Trinajstić information content (AvgIpc) is 2.08. The highest BCUT2D eigenvalue weighted by Gasteiger charge is 2.25. The van der Waals surface area contributed by atoms with E-state index in [2.05, 4.69) is 21.2 Å². The van der Waals surface area contributed by atoms with Gasteiger partial charge in [-0.1, -0.05) is 28.8 Å². The molecule has 3 unspecified atom stereocenters. The van der Waals surface area contributed by atoms with E-state index in [1.165, 1.54) is 0 Å². The van der Waals surface area contributed by atoms with Crippen molar-refractivity contribution in [1.29, 1.82) is 0 Å². The van der Waals surface area contributed by atoms with Crippen molar-refractivity contribution in [2.45, 2.75) is 49.6 Å². The van der Waals surface area contributed by atoms with Gasteiger partial charge in [-0.15, -0.1) is 0 Å². The Bertz CT molecular complexity index is 184. The Hall–Kier alpha value is -0.0900. The number of rotatable bonds is 2. The summed E-state index contributed by atoms with van der Waals surface area (Å²) >= 11 is 3.19. The molecule has 13 heavy (non-hydrogen) atoms. The van der Waals surface area contributed by atoms with Crippen LogP contribution in [0.4, 0.5) is 0 Å². The van der Waals surface area contributed by atoms with Crippen molar-refractivity contribution < 1.29 is 9.90 Å². The van der Waals surface area contributed by atoms with Crippen molar-refractivity contribution in [3.63, 3.8) is 0 Å². The lowest BCUT2D eigenvalue weighted by atomic mass is 9.92. The zero-order chi connectivity index (χ0) is 9.84. The highest BCUT2D eigenvalue weighted by atomic mass is 79.9. The Balaban J connectivity index is 2.38. The smallest absolute Gasteiger partial charge is 0.233 e. The second-order valence-corrected chi connectivity index (χ2v) is 4.96. The number of carbonyl (C=O) groups excluding carboxylic acids is 1. The molecule has 0 aromatic heterocycles. The van der Waals surface area contributed by atoms with Crippen LogP contribution in [0, 0.1) is 0 Å². The van der Waals surface area contributed by atoms with Gasteiger partial charge in [0.05, 0.1) is 17.0 Å². The molecule has 0 heterocycles. The van der Waals surface area contributed by atoms with E-state index in [-0.39, 0.29) is 22.9 Å². The molecule has 2 N–H and O–H groups in total. The Labute approximate surface area is 87.0 Å². The predicted octanol–water partition coefficient (Wildman–Crippen LogP) is 1.19. The van der Waals surface area contributed by atoms with E-state index in [9.17, 15) is 9.90 Å². The molecule has 0 bridgehead atoms. The van der Waals surface area contributed by atoms with Gasteiger partial charge in [0.25, 0.3) is 0 Å². The first-order valence-corrected chi connectivity index (χ1v) is 5.65. The SMILES string of the molecule is CC(Br)C(=O)NC1CCCCC1O. The zero-order valence-electron chi connectivity index (χ0n) is 7.79. The average molecular weight is 250 g/mol. The second kappa shape index (κ2) is 4.96. The summed E-state index contributed by atoms with van der Waals surface area (Å²) in [6, 6.07) is -0.0405. The number of halogens is 1. The van der Waals surface area contributed by atoms with Gasteiger partial charge in [-0.3, -0.25) is 4.79 Å². The molecule has 0 saturated heterocycles. The first kappa shape index (κ1) is 11.0. The van der Waals surface area contributed by atoms with Crippen molar-refractivity contribution in [3.8, 4) is 0 Å². The summed E-state index contributed by atoms with van der Waals surface area (Å²) in [5, 5.41) is 12.4. The third kappa shape index (κ3) is 3.27. The summed E-state index contributed by atoms with van der Waals surface area (Å²) < 4.78 is 0. The number of amides is 1. The van der Waals surface area contributed by atoms with Crippen LogP contribution in [0.1, 0.15) is 32.6 Å². The predicted molar refractivity (Wildman–Crippen MR) is 54.8 cm³/mol. The fourth-order valence-electron chi connectivity index (χ4n) is 1.58. The van der Waals surface area contributed by atoms with Crippen molar-refractivity contribution in [1.82, 2.24) is 5.32 Å². The molecule has 1 fully saturated rings. The van der Waals surface area contributed by atoms with Gasteiger partial charge in [0, 0.05) is 0 Å². The van der Waals surface area contributed by atoms with E-state index in [0.29, 0.717) is 0 Å². The summed E-state index contributed by atoms with van der Waals surface area (Å²) in [4.78, 5) is 11.1. The Morgan fingerprint density at radius 1 is 1.54 bits per heavy atom. The molecular weight excluding hydrogens is 234 g/mol. The lowest BCUT2D eigenvalue weighted by Gasteiger charge is -2.28. The standard InChI is InChI=1S/C9H16BrNO2/c1-6(10)9(13)11-7-4-2-3-5-8(7)12/h6-8,12H,2-5H2,1H3,(H,11,13). The fraction of sp³-hybridized carbons (Fsp3) is 0.889. The van der Waals surface area contributed by atoms with Crippen molar-refractivity contribution >= 4 is 21.8 Å². The number of carbonyl (C=O) groups is 1. The molecule has 76 valence electrons. The van der Waals surface area contributed by atoms with Gasteiger partial charge in [-0.2, -0.15) is 0 Å². The Morgan fingerprint density at radius 2 is 2.15 bits per heavy atom. The monoisotopic (exact) mass is 249 g/mol. The van der Waals surface area contributed by atoms with Gasteiger partial charge in [0.1, 0.15) is 0 Å². The van der Waals surface area contributed by atoms with Gasteiger partial charge in [-0.25, -0.2) is 0 Å². The number of alkyl halides is 1. The largest absolute Gasteiger partial charge is 0.391 e. The van der Waals surface area contributed by atoms with Gasteiger partial charge in [0.15, 0.2) is 0 Å². The zero-order valence-corrected chi connectivity index (χ0v) is 9.38. The summed E-state index contributed by atoms with van der Waals surface area (Å²) in [7, 11) is 0. The summed E-state index contributed by atoms with van der Waals surface area (Å²) in [5.41, 5.74) is 0. The van der Waals surface area contributed by atoms with Crippen LogP contribution >= 0.6 is 15.9 Å². The molecule has 3 atom stereocenters. The quantitative estimate of drug-likeness (QED) is 0.723. The third-order valence-corrected chi connectivity index (χ3v) is 2.83. The summed E-state index contributed by atoms with van der Waals surface area (Å²) in [6.07, 6.45) is 3.51. The van der Waals surface area contributed by atoms with Crippen LogP contribution in [0.25, 0.3) is 0 Å². The van der Waals surface area contributed by atoms with Crippen LogP contribution in [-0.4, -0.2) is 28.0 Å². The van der Waals surface area contributed by atoms with Crippen LogP contribution in [0.15, 0.2) is 0 Å². The van der Waals surface area contributed by atoms with Gasteiger partial charge < -0.3 is 10.4 Å². The number of aliphatic hydroxyl groups excluding tert-OH is 1. The van der Waals surface area contributed by atoms with Crippen molar-refractivity contribution in [3.05, 3.63) is 0 Å². The van der Waals surface area contributed by atoms with E-state index in [0.717, 1.165) is 25.7 Å². The highest BCUT2D eigenvalue weighted by Crippen LogP contribution is 2.18. The Morgan fingerprint density at radius 3 is 2.69 bits per heavy atom. The molecule has 1 rings (SSSR count). The summed E-state index contributed by atoms with van der Waals surface area (Å²) in [6.45, 7) is 1.78. The molecular formula is C9H16BrNO2. The van der Waals surface area contributed by atoms with Crippen LogP contribution in [0.3, 0.4) is 0 Å². The van der Waals surface area contributed by atoms with E-state index >= 15 is 0 Å². The molecule has 1 aliphatic carbocycles. The lowest BCUT2D eigenvalue weighted by Crippen LogP contribution is -2.47. The lowest BCUT2D eigenvalue weighted by molar-refractivity contribution is -0.122. The third-order valence-electron chi connectivity index (χ3n) is 2.42. The van der Waals surface area contributed by atoms with E-state index in [1.54, 1.807) is 6.92 Å². The first-order chi connectivity index (χ1) is 6.11. The van der Waals surface area contributed by atoms with E-state index in [4.69, 9.17) is 0 Å². The topological polar surface area (TPSA) is 49.3 Å². The number of nitrogens with one attached hydrogen (secondary N) is 1. The minimum Gasteiger partial charge on any atom is -0.391 e. The molecule has 0 aromatic rings. The molecule has 4 heteroatoms. The fourth-order valence-corrected chi connectivity index (χ4v) is 1.71. The number of hydrogen-bond acceptors (Lipinski definition) is 2. The maximum Gasteiger partial charge on any atom is 0.233 e. The molecule has 1 amide bonds. The molecule has 3 nitrogen and oxygen atoms in total. The molecule has 0 radical (unpaired) electrons.